The average molecular weight is 1760 g/mol. The molecular formula is C79H71Cl9F3N9O15. The van der Waals surface area contributed by atoms with E-state index in [4.69, 9.17) is 152 Å². The number of phenols is 1. The maximum Gasteiger partial charge on any atom is 0.416 e. The van der Waals surface area contributed by atoms with Crippen LogP contribution in [0.15, 0.2) is 191 Å². The molecule has 2 fully saturated rings. The van der Waals surface area contributed by atoms with E-state index < -0.39 is 29.6 Å². The minimum Gasteiger partial charge on any atom is -0.504 e. The molecule has 0 bridgehead atoms. The van der Waals surface area contributed by atoms with E-state index in [2.05, 4.69) is 32.5 Å². The van der Waals surface area contributed by atoms with Gasteiger partial charge in [0.2, 0.25) is 0 Å². The van der Waals surface area contributed by atoms with Gasteiger partial charge in [-0.05, 0) is 95.8 Å². The Morgan fingerprint density at radius 3 is 1.15 bits per heavy atom. The molecule has 0 spiro atoms. The number of ether oxygens (including phenoxy) is 9. The Kier molecular flexibility index (Phi) is 30.8. The fraction of sp³-hybridized carbons (Fsp3) is 0.241. The van der Waals surface area contributed by atoms with Crippen molar-refractivity contribution in [2.45, 2.75) is 57.5 Å². The van der Waals surface area contributed by atoms with Gasteiger partial charge >= 0.3 is 23.2 Å². The lowest BCUT2D eigenvalue weighted by Crippen LogP contribution is -2.30. The molecule has 2 aliphatic heterocycles. The standard InChI is InChI=1S/C23H18Cl2F3N3O4.C23H21Cl2N3O4.C13H11N3O.C10H10Cl2O3.C7H6Cl2O2.C3H5ClO/c1-34-19-8-17(24)18(25)9-20(19)35-12-16(32)11-31-22(33)30-10-14(4-7-21(30)29-31)13-2-5-15(6-3-13)23(26,27)28;1-14-3-5-15(6-4-14)16-7-8-22-26-28(23(30)27(22)11-16)12-17(29)13-32-21-10-19(25)18(24)9-20(21)31-2;1-9-2-4-10(5-3-9)11-6-7-12-14-15-13(17)16(12)8-11;1-13-9-2-7(11)8(12)3-10(9)15-5-6-4-14-6;1-11-7-3-5(9)4(8)2-6(7)10;4-1-3-2-5-3/h2-10,16,32H,11-12H2,1H3;3-11,17,29H,12-13H2,1-2H3;2-8H,1H3,(H,15,17);2-3,6H,4-5H2,1H3;2-3,10H,1H3;3H,1-2H2. The summed E-state index contributed by atoms with van der Waals surface area (Å²) < 4.78 is 91.7. The Morgan fingerprint density at radius 1 is 0.461 bits per heavy atom. The number of rotatable bonds is 21. The number of halogens is 12. The molecular weight excluding hydrogens is 1690 g/mol. The van der Waals surface area contributed by atoms with Crippen molar-refractivity contribution < 1.29 is 71.1 Å². The summed E-state index contributed by atoms with van der Waals surface area (Å²) in [5, 5.41) is 47.5. The Balaban J connectivity index is 0.000000158. The second-order valence-electron chi connectivity index (χ2n) is 25.2. The maximum atomic E-state index is 12.8. The number of hydrogen-bond donors (Lipinski definition) is 4. The number of aromatic nitrogens is 9. The molecule has 7 aromatic carbocycles. The minimum absolute atomic E-state index is 0.0121. The number of H-pyrrole nitrogens is 1. The molecule has 2 aliphatic rings. The number of methoxy groups -OCH3 is 4. The monoisotopic (exact) mass is 1760 g/mol. The zero-order valence-corrected chi connectivity index (χ0v) is 68.4. The summed E-state index contributed by atoms with van der Waals surface area (Å²) in [6, 6.07) is 43.6. The van der Waals surface area contributed by atoms with E-state index >= 15 is 0 Å². The number of phenolic OH excluding ortho intramolecular Hbond substituents is 1. The largest absolute Gasteiger partial charge is 0.504 e. The number of fused-ring (bicyclic) bond motifs is 3. The number of hydrogen-bond acceptors (Lipinski definition) is 18. The van der Waals surface area contributed by atoms with Crippen LogP contribution in [0.5, 0.6) is 46.0 Å². The molecule has 15 rings (SSSR count). The van der Waals surface area contributed by atoms with Crippen molar-refractivity contribution >= 4 is 121 Å². The van der Waals surface area contributed by atoms with Crippen LogP contribution in [0.1, 0.15) is 16.7 Å². The summed E-state index contributed by atoms with van der Waals surface area (Å²) >= 11 is 52.2. The van der Waals surface area contributed by atoms with Crippen LogP contribution in [0.2, 0.25) is 40.2 Å². The van der Waals surface area contributed by atoms with Crippen LogP contribution in [0.25, 0.3) is 50.3 Å². The molecule has 24 nitrogen and oxygen atoms in total. The smallest absolute Gasteiger partial charge is 0.416 e. The normalized spacial score (nSPS) is 13.7. The summed E-state index contributed by atoms with van der Waals surface area (Å²) in [6.07, 6.45) is -0.912. The van der Waals surface area contributed by atoms with Gasteiger partial charge in [0.15, 0.2) is 62.9 Å². The second-order valence-corrected chi connectivity index (χ2v) is 28.8. The lowest BCUT2D eigenvalue weighted by molar-refractivity contribution is -0.137. The third kappa shape index (κ3) is 24.1. The highest BCUT2D eigenvalue weighted by atomic mass is 35.5. The zero-order valence-electron chi connectivity index (χ0n) is 61.6. The van der Waals surface area contributed by atoms with Gasteiger partial charge in [0.1, 0.15) is 38.1 Å². The summed E-state index contributed by atoms with van der Waals surface area (Å²) in [5.74, 6) is 3.46. The summed E-state index contributed by atoms with van der Waals surface area (Å²) in [6.45, 7) is 5.72. The molecule has 13 aromatic rings. The number of alkyl halides is 4. The molecule has 6 aromatic heterocycles. The van der Waals surface area contributed by atoms with E-state index in [1.807, 2.05) is 68.4 Å². The fourth-order valence-electron chi connectivity index (χ4n) is 10.4. The first-order valence-corrected chi connectivity index (χ1v) is 37.9. The molecule has 0 amide bonds. The van der Waals surface area contributed by atoms with Gasteiger partial charge < -0.3 is 58.0 Å². The molecule has 0 aliphatic carbocycles. The molecule has 4 atom stereocenters. The number of aromatic hydroxyl groups is 1. The van der Waals surface area contributed by atoms with Crippen LogP contribution >= 0.6 is 104 Å². The molecule has 36 heteroatoms. The van der Waals surface area contributed by atoms with E-state index in [0.717, 1.165) is 57.8 Å². The number of epoxide rings is 2. The number of aryl methyl sites for hydroxylation is 2. The number of aliphatic hydroxyl groups excluding tert-OH is 2. The van der Waals surface area contributed by atoms with Crippen molar-refractivity contribution in [3.63, 3.8) is 0 Å². The van der Waals surface area contributed by atoms with Crippen molar-refractivity contribution in [1.29, 1.82) is 0 Å². The van der Waals surface area contributed by atoms with E-state index in [1.54, 1.807) is 49.8 Å². The molecule has 2 saturated heterocycles. The quantitative estimate of drug-likeness (QED) is 0.0384. The first-order valence-electron chi connectivity index (χ1n) is 34.4. The number of nitrogens with zero attached hydrogens (tertiary/aromatic N) is 8. The fourth-order valence-corrected chi connectivity index (χ4v) is 11.9. The molecule has 4 unspecified atom stereocenters. The summed E-state index contributed by atoms with van der Waals surface area (Å²) in [7, 11) is 5.90. The number of aliphatic hydroxyl groups is 2. The molecule has 4 N–H and O–H groups in total. The van der Waals surface area contributed by atoms with Crippen molar-refractivity contribution in [2.24, 2.45) is 0 Å². The van der Waals surface area contributed by atoms with Gasteiger partial charge in [-0.3, -0.25) is 0 Å². The van der Waals surface area contributed by atoms with Crippen molar-refractivity contribution in [3.8, 4) is 79.4 Å². The number of aromatic amines is 1. The molecule has 115 heavy (non-hydrogen) atoms. The second kappa shape index (κ2) is 40.3. The number of nitrogens with one attached hydrogen (secondary N) is 1. The van der Waals surface area contributed by atoms with Gasteiger partial charge in [0, 0.05) is 67.1 Å². The summed E-state index contributed by atoms with van der Waals surface area (Å²) in [4.78, 5) is 37.1. The first kappa shape index (κ1) is 87.8. The Morgan fingerprint density at radius 2 is 0.791 bits per heavy atom. The molecule has 0 saturated carbocycles. The van der Waals surface area contributed by atoms with Crippen LogP contribution in [0, 0.1) is 13.8 Å². The topological polar surface area (TPSA) is 279 Å². The van der Waals surface area contributed by atoms with Crippen LogP contribution in [0.4, 0.5) is 13.2 Å². The van der Waals surface area contributed by atoms with Gasteiger partial charge in [0.25, 0.3) is 0 Å². The Labute approximate surface area is 699 Å². The van der Waals surface area contributed by atoms with Crippen LogP contribution in [-0.2, 0) is 28.7 Å². The van der Waals surface area contributed by atoms with E-state index in [1.165, 1.54) is 99.5 Å². The Hall–Kier alpha value is -9.56. The lowest BCUT2D eigenvalue weighted by Gasteiger charge is -2.15. The summed E-state index contributed by atoms with van der Waals surface area (Å²) in [5.41, 5.74) is 6.98. The van der Waals surface area contributed by atoms with Crippen LogP contribution in [-0.4, -0.2) is 150 Å². The molecule has 606 valence electrons. The van der Waals surface area contributed by atoms with Crippen molar-refractivity contribution in [1.82, 2.24) is 43.0 Å². The van der Waals surface area contributed by atoms with Crippen LogP contribution in [0.3, 0.4) is 0 Å². The average Bonchev–Trinajstić information content (AvgIpc) is 1.65. The Bertz CT molecular complexity index is 5690. The van der Waals surface area contributed by atoms with Gasteiger partial charge in [0.05, 0.1) is 112 Å². The minimum atomic E-state index is -4.43. The molecule has 0 radical (unpaired) electrons. The highest BCUT2D eigenvalue weighted by molar-refractivity contribution is 6.43. The van der Waals surface area contributed by atoms with Gasteiger partial charge in [-0.15, -0.1) is 21.8 Å². The van der Waals surface area contributed by atoms with Crippen molar-refractivity contribution in [3.05, 3.63) is 265 Å². The number of benzene rings is 7. The van der Waals surface area contributed by atoms with Gasteiger partial charge in [-0.25, -0.2) is 42.0 Å². The highest BCUT2D eigenvalue weighted by Crippen LogP contribution is 2.40. The van der Waals surface area contributed by atoms with Crippen LogP contribution < -0.4 is 50.2 Å². The third-order valence-corrected chi connectivity index (χ3v) is 20.0. The molecule has 8 heterocycles. The van der Waals surface area contributed by atoms with E-state index in [-0.39, 0.29) is 65.3 Å². The predicted molar refractivity (Wildman–Crippen MR) is 438 cm³/mol. The SMILES string of the molecule is COc1cc(Cl)c(Cl)cc1O.COc1cc(Cl)c(Cl)cc1OCC(O)Cn1nc2ccc(-c3ccc(C(F)(F)F)cc3)cn2c1=O.COc1cc(Cl)c(Cl)cc1OCC(O)Cn1nc2ccc(-c3ccc(C)cc3)cn2c1=O.COc1cc(Cl)c(Cl)cc1OCC1CO1.Cc1ccc(-c2ccc3n[nH]c(=O)n3c2)cc1.ClCC1CO1. The zero-order chi connectivity index (χ0) is 82.9. The van der Waals surface area contributed by atoms with E-state index in [9.17, 15) is 37.8 Å². The van der Waals surface area contributed by atoms with Gasteiger partial charge in [-0.2, -0.15) is 18.3 Å². The highest BCUT2D eigenvalue weighted by Gasteiger charge is 2.30. The lowest BCUT2D eigenvalue weighted by atomic mass is 10.1. The first-order chi connectivity index (χ1) is 54.9. The van der Waals surface area contributed by atoms with Crippen molar-refractivity contribution in [2.75, 3.05) is 67.4 Å². The third-order valence-electron chi connectivity index (χ3n) is 16.8. The maximum absolute atomic E-state index is 12.8. The number of pyridine rings is 3. The van der Waals surface area contributed by atoms with E-state index in [0.29, 0.717) is 111 Å². The predicted octanol–water partition coefficient (Wildman–Crippen LogP) is 17.3. The van der Waals surface area contributed by atoms with Gasteiger partial charge in [-0.1, -0.05) is 165 Å².